The van der Waals surface area contributed by atoms with Crippen LogP contribution >= 0.6 is 11.6 Å². The fourth-order valence-corrected chi connectivity index (χ4v) is 3.79. The number of carbonyl (C=O) groups excluding carboxylic acids is 2. The highest BCUT2D eigenvalue weighted by atomic mass is 35.5. The molecule has 1 amide bonds. The number of hydrazone groups is 1. The Labute approximate surface area is 243 Å². The van der Waals surface area contributed by atoms with Crippen molar-refractivity contribution in [3.63, 3.8) is 0 Å². The summed E-state index contributed by atoms with van der Waals surface area (Å²) >= 11 is 5.93. The van der Waals surface area contributed by atoms with Gasteiger partial charge in [0.05, 0.1) is 31.1 Å². The minimum Gasteiger partial charge on any atom is -0.494 e. The number of nitrogens with one attached hydrogen (secondary N) is 1. The van der Waals surface area contributed by atoms with Gasteiger partial charge in [-0.2, -0.15) is 5.10 Å². The maximum absolute atomic E-state index is 12.8. The summed E-state index contributed by atoms with van der Waals surface area (Å²) in [5, 5.41) is 4.70. The van der Waals surface area contributed by atoms with Crippen LogP contribution in [0.3, 0.4) is 0 Å². The van der Waals surface area contributed by atoms with E-state index < -0.39 is 11.9 Å². The number of methoxy groups -OCH3 is 1. The van der Waals surface area contributed by atoms with Gasteiger partial charge in [0.1, 0.15) is 18.1 Å². The van der Waals surface area contributed by atoms with Gasteiger partial charge in [0, 0.05) is 5.02 Å². The number of hydrogen-bond donors (Lipinski definition) is 1. The molecule has 4 aromatic rings. The molecule has 0 saturated heterocycles. The van der Waals surface area contributed by atoms with Crippen molar-refractivity contribution in [3.8, 4) is 23.0 Å². The second-order valence-corrected chi connectivity index (χ2v) is 9.22. The second-order valence-electron chi connectivity index (χ2n) is 8.78. The molecule has 41 heavy (non-hydrogen) atoms. The Balaban J connectivity index is 1.36. The summed E-state index contributed by atoms with van der Waals surface area (Å²) in [6.45, 7) is 2.90. The average molecular weight is 573 g/mol. The second kappa shape index (κ2) is 14.5. The highest BCUT2D eigenvalue weighted by molar-refractivity contribution is 6.30. The number of rotatable bonds is 12. The predicted octanol–water partition coefficient (Wildman–Crippen LogP) is 6.70. The highest BCUT2D eigenvalue weighted by Gasteiger charge is 2.14. The predicted molar refractivity (Wildman–Crippen MR) is 157 cm³/mol. The number of ether oxygens (including phenoxy) is 4. The molecule has 4 aromatic carbocycles. The van der Waals surface area contributed by atoms with Crippen LogP contribution in [0, 0.1) is 0 Å². The van der Waals surface area contributed by atoms with Crippen LogP contribution in [-0.4, -0.2) is 31.8 Å². The van der Waals surface area contributed by atoms with E-state index in [1.807, 2.05) is 19.1 Å². The molecule has 8 nitrogen and oxygen atoms in total. The fraction of sp³-hybridized carbons (Fsp3) is 0.156. The van der Waals surface area contributed by atoms with Gasteiger partial charge in [-0.1, -0.05) is 42.8 Å². The normalized spacial score (nSPS) is 10.7. The number of nitrogens with zero attached hydrogens (tertiary/aromatic N) is 1. The van der Waals surface area contributed by atoms with Crippen LogP contribution in [0.15, 0.2) is 96.1 Å². The quantitative estimate of drug-likeness (QED) is 0.0878. The lowest BCUT2D eigenvalue weighted by Gasteiger charge is -2.11. The molecule has 9 heteroatoms. The summed E-state index contributed by atoms with van der Waals surface area (Å²) in [6.07, 6.45) is 2.35. The van der Waals surface area contributed by atoms with Gasteiger partial charge in [-0.15, -0.1) is 0 Å². The van der Waals surface area contributed by atoms with Gasteiger partial charge >= 0.3 is 5.97 Å². The van der Waals surface area contributed by atoms with E-state index in [0.717, 1.165) is 12.0 Å². The van der Waals surface area contributed by atoms with Gasteiger partial charge in [0.15, 0.2) is 11.5 Å². The van der Waals surface area contributed by atoms with Crippen LogP contribution in [0.4, 0.5) is 0 Å². The molecule has 0 atom stereocenters. The molecule has 0 spiro atoms. The molecule has 0 bridgehead atoms. The van der Waals surface area contributed by atoms with Crippen LogP contribution in [-0.2, 0) is 6.61 Å². The summed E-state index contributed by atoms with van der Waals surface area (Å²) < 4.78 is 22.3. The Morgan fingerprint density at radius 3 is 2.37 bits per heavy atom. The van der Waals surface area contributed by atoms with E-state index in [4.69, 9.17) is 30.5 Å². The summed E-state index contributed by atoms with van der Waals surface area (Å²) in [5.41, 5.74) is 4.76. The molecular weight excluding hydrogens is 544 g/mol. The van der Waals surface area contributed by atoms with E-state index >= 15 is 0 Å². The zero-order chi connectivity index (χ0) is 29.0. The third-order valence-electron chi connectivity index (χ3n) is 5.77. The van der Waals surface area contributed by atoms with Crippen LogP contribution in [0.5, 0.6) is 23.0 Å². The van der Waals surface area contributed by atoms with Gasteiger partial charge in [-0.25, -0.2) is 10.2 Å². The maximum Gasteiger partial charge on any atom is 0.343 e. The number of hydrogen-bond acceptors (Lipinski definition) is 7. The van der Waals surface area contributed by atoms with Crippen LogP contribution in [0.25, 0.3) is 0 Å². The third-order valence-corrected chi connectivity index (χ3v) is 6.02. The molecule has 0 aromatic heterocycles. The van der Waals surface area contributed by atoms with Gasteiger partial charge in [0.25, 0.3) is 5.91 Å². The first-order valence-corrected chi connectivity index (χ1v) is 13.3. The van der Waals surface area contributed by atoms with Gasteiger partial charge in [-0.3, -0.25) is 4.79 Å². The smallest absolute Gasteiger partial charge is 0.343 e. The minimum atomic E-state index is -0.532. The Morgan fingerprint density at radius 2 is 1.63 bits per heavy atom. The first kappa shape index (κ1) is 29.2. The van der Waals surface area contributed by atoms with Crippen molar-refractivity contribution < 1.29 is 28.5 Å². The number of benzene rings is 4. The van der Waals surface area contributed by atoms with Crippen molar-refractivity contribution in [3.05, 3.63) is 118 Å². The minimum absolute atomic E-state index is 0.247. The summed E-state index contributed by atoms with van der Waals surface area (Å²) in [5.74, 6) is 0.721. The number of esters is 1. The monoisotopic (exact) mass is 572 g/mol. The van der Waals surface area contributed by atoms with Crippen LogP contribution in [0.2, 0.25) is 5.02 Å². The lowest BCUT2D eigenvalue weighted by Crippen LogP contribution is -2.18. The largest absolute Gasteiger partial charge is 0.494 e. The Morgan fingerprint density at radius 1 is 0.878 bits per heavy atom. The van der Waals surface area contributed by atoms with Crippen molar-refractivity contribution in [2.75, 3.05) is 13.7 Å². The van der Waals surface area contributed by atoms with Crippen molar-refractivity contribution in [2.45, 2.75) is 20.0 Å². The SMILES string of the molecule is CCCOc1ccc(C(=O)Oc2ccc(C=NNC(=O)c3ccccc3OCc3ccc(Cl)cc3)cc2OC)cc1. The van der Waals surface area contributed by atoms with E-state index in [-0.39, 0.29) is 12.4 Å². The number of carbonyl (C=O) groups is 2. The molecule has 4 rings (SSSR count). The van der Waals surface area contributed by atoms with Gasteiger partial charge < -0.3 is 18.9 Å². The lowest BCUT2D eigenvalue weighted by atomic mass is 10.2. The van der Waals surface area contributed by atoms with Crippen molar-refractivity contribution in [1.29, 1.82) is 0 Å². The van der Waals surface area contributed by atoms with Gasteiger partial charge in [-0.05, 0) is 84.3 Å². The zero-order valence-electron chi connectivity index (χ0n) is 22.6. The maximum atomic E-state index is 12.8. The molecule has 0 aliphatic heterocycles. The topological polar surface area (TPSA) is 95.5 Å². The van der Waals surface area contributed by atoms with Crippen LogP contribution < -0.4 is 24.4 Å². The first-order chi connectivity index (χ1) is 20.0. The molecule has 0 aliphatic carbocycles. The molecule has 0 radical (unpaired) electrons. The Hall–Kier alpha value is -4.82. The number of halogens is 1. The molecule has 0 fully saturated rings. The molecular formula is C32H29ClN2O6. The molecule has 0 unspecified atom stereocenters. The summed E-state index contributed by atoms with van der Waals surface area (Å²) in [4.78, 5) is 25.4. The standard InChI is InChI=1S/C32H29ClN2O6/c1-3-18-39-26-15-11-24(12-16-26)32(37)41-29-17-10-23(19-30(29)38-2)20-34-35-31(36)27-6-4-5-7-28(27)40-21-22-8-13-25(33)14-9-22/h4-17,19-20H,3,18,21H2,1-2H3,(H,35,36). The summed E-state index contributed by atoms with van der Waals surface area (Å²) in [6, 6.07) is 25.8. The van der Waals surface area contributed by atoms with E-state index in [1.165, 1.54) is 13.3 Å². The summed E-state index contributed by atoms with van der Waals surface area (Å²) in [7, 11) is 1.47. The Bertz CT molecular complexity index is 1500. The highest BCUT2D eigenvalue weighted by Crippen LogP contribution is 2.29. The molecule has 0 saturated carbocycles. The molecule has 0 aliphatic rings. The third kappa shape index (κ3) is 8.33. The molecule has 0 heterocycles. The zero-order valence-corrected chi connectivity index (χ0v) is 23.4. The average Bonchev–Trinajstić information content (AvgIpc) is 3.00. The van der Waals surface area contributed by atoms with Crippen LogP contribution in [0.1, 0.15) is 45.2 Å². The van der Waals surface area contributed by atoms with Crippen molar-refractivity contribution in [2.24, 2.45) is 5.10 Å². The van der Waals surface area contributed by atoms with E-state index in [0.29, 0.717) is 45.6 Å². The number of para-hydroxylation sites is 1. The van der Waals surface area contributed by atoms with E-state index in [2.05, 4.69) is 10.5 Å². The first-order valence-electron chi connectivity index (χ1n) is 12.9. The van der Waals surface area contributed by atoms with Crippen molar-refractivity contribution in [1.82, 2.24) is 5.43 Å². The van der Waals surface area contributed by atoms with E-state index in [9.17, 15) is 9.59 Å². The number of amides is 1. The Kier molecular flexibility index (Phi) is 10.3. The molecule has 210 valence electrons. The van der Waals surface area contributed by atoms with Crippen molar-refractivity contribution >= 4 is 29.7 Å². The fourth-order valence-electron chi connectivity index (χ4n) is 3.66. The molecule has 1 N–H and O–H groups in total. The van der Waals surface area contributed by atoms with Gasteiger partial charge in [0.2, 0.25) is 0 Å². The lowest BCUT2D eigenvalue weighted by molar-refractivity contribution is 0.0729. The van der Waals surface area contributed by atoms with E-state index in [1.54, 1.807) is 78.9 Å².